The van der Waals surface area contributed by atoms with Crippen molar-refractivity contribution >= 4 is 0 Å². The van der Waals surface area contributed by atoms with Crippen molar-refractivity contribution in [2.75, 3.05) is 13.2 Å². The minimum Gasteiger partial charge on any atom is -0.493 e. The Morgan fingerprint density at radius 2 is 2.00 bits per heavy atom. The number of rotatable bonds is 6. The standard InChI is InChI=1S/C18H27NO/c1-3-19-13(2)15-6-8-18(9-7-15)20-12-17-11-14-4-5-16(17)10-14/h6-9,13-14,16-17,19H,3-5,10-12H2,1-2H3. The van der Waals surface area contributed by atoms with Crippen LogP contribution in [0.4, 0.5) is 0 Å². The second kappa shape index (κ2) is 6.17. The van der Waals surface area contributed by atoms with Crippen LogP contribution in [0.3, 0.4) is 0 Å². The predicted octanol–water partition coefficient (Wildman–Crippen LogP) is 4.17. The van der Waals surface area contributed by atoms with Crippen LogP contribution >= 0.6 is 0 Å². The summed E-state index contributed by atoms with van der Waals surface area (Å²) in [5.74, 6) is 3.80. The summed E-state index contributed by atoms with van der Waals surface area (Å²) in [6, 6.07) is 9.03. The van der Waals surface area contributed by atoms with Crippen molar-refractivity contribution in [2.45, 2.75) is 45.6 Å². The summed E-state index contributed by atoms with van der Waals surface area (Å²) in [6.07, 6.45) is 5.78. The van der Waals surface area contributed by atoms with E-state index in [4.69, 9.17) is 4.74 Å². The van der Waals surface area contributed by atoms with Crippen molar-refractivity contribution in [3.63, 3.8) is 0 Å². The summed E-state index contributed by atoms with van der Waals surface area (Å²) in [7, 11) is 0. The molecule has 2 nitrogen and oxygen atoms in total. The Balaban J connectivity index is 1.51. The van der Waals surface area contributed by atoms with Gasteiger partial charge in [0.25, 0.3) is 0 Å². The van der Waals surface area contributed by atoms with Gasteiger partial charge in [-0.1, -0.05) is 25.5 Å². The van der Waals surface area contributed by atoms with Crippen LogP contribution in [0.1, 0.15) is 51.1 Å². The first-order valence-electron chi connectivity index (χ1n) is 8.22. The van der Waals surface area contributed by atoms with Crippen LogP contribution in [-0.2, 0) is 0 Å². The van der Waals surface area contributed by atoms with Crippen LogP contribution < -0.4 is 10.1 Å². The lowest BCUT2D eigenvalue weighted by Gasteiger charge is -2.22. The smallest absolute Gasteiger partial charge is 0.119 e. The third kappa shape index (κ3) is 3.01. The molecule has 1 N–H and O–H groups in total. The lowest BCUT2D eigenvalue weighted by atomic mass is 9.89. The highest BCUT2D eigenvalue weighted by molar-refractivity contribution is 5.29. The molecule has 1 aromatic rings. The van der Waals surface area contributed by atoms with E-state index in [1.54, 1.807) is 0 Å². The lowest BCUT2D eigenvalue weighted by molar-refractivity contribution is 0.195. The first-order valence-corrected chi connectivity index (χ1v) is 8.22. The topological polar surface area (TPSA) is 21.3 Å². The van der Waals surface area contributed by atoms with Crippen LogP contribution in [0.5, 0.6) is 5.75 Å². The molecular formula is C18H27NO. The van der Waals surface area contributed by atoms with Gasteiger partial charge in [-0.3, -0.25) is 0 Å². The number of fused-ring (bicyclic) bond motifs is 2. The number of benzene rings is 1. The third-order valence-corrected chi connectivity index (χ3v) is 5.24. The van der Waals surface area contributed by atoms with Gasteiger partial charge in [-0.05, 0) is 68.2 Å². The Kier molecular flexibility index (Phi) is 4.30. The van der Waals surface area contributed by atoms with E-state index >= 15 is 0 Å². The van der Waals surface area contributed by atoms with Crippen molar-refractivity contribution in [2.24, 2.45) is 17.8 Å². The minimum absolute atomic E-state index is 0.416. The van der Waals surface area contributed by atoms with Gasteiger partial charge >= 0.3 is 0 Å². The molecule has 3 rings (SSSR count). The van der Waals surface area contributed by atoms with Crippen molar-refractivity contribution in [1.82, 2.24) is 5.32 Å². The zero-order valence-electron chi connectivity index (χ0n) is 12.8. The van der Waals surface area contributed by atoms with Crippen molar-refractivity contribution < 1.29 is 4.74 Å². The first kappa shape index (κ1) is 13.9. The Labute approximate surface area is 122 Å². The van der Waals surface area contributed by atoms with Gasteiger partial charge in [-0.15, -0.1) is 0 Å². The Morgan fingerprint density at radius 1 is 1.20 bits per heavy atom. The molecule has 2 bridgehead atoms. The fraction of sp³-hybridized carbons (Fsp3) is 0.667. The summed E-state index contributed by atoms with van der Waals surface area (Å²) >= 11 is 0. The van der Waals surface area contributed by atoms with Crippen LogP contribution in [0.15, 0.2) is 24.3 Å². The lowest BCUT2D eigenvalue weighted by Crippen LogP contribution is -2.19. The molecule has 0 spiro atoms. The van der Waals surface area contributed by atoms with Gasteiger partial charge in [0.15, 0.2) is 0 Å². The third-order valence-electron chi connectivity index (χ3n) is 5.24. The molecule has 0 saturated heterocycles. The molecule has 110 valence electrons. The molecular weight excluding hydrogens is 246 g/mol. The maximum absolute atomic E-state index is 6.02. The van der Waals surface area contributed by atoms with Gasteiger partial charge in [0.05, 0.1) is 6.61 Å². The zero-order chi connectivity index (χ0) is 13.9. The number of hydrogen-bond donors (Lipinski definition) is 1. The predicted molar refractivity (Wildman–Crippen MR) is 83.0 cm³/mol. The number of nitrogens with one attached hydrogen (secondary N) is 1. The highest BCUT2D eigenvalue weighted by Crippen LogP contribution is 2.48. The van der Waals surface area contributed by atoms with Crippen molar-refractivity contribution in [1.29, 1.82) is 0 Å². The molecule has 2 heteroatoms. The van der Waals surface area contributed by atoms with Gasteiger partial charge < -0.3 is 10.1 Å². The van der Waals surface area contributed by atoms with Crippen LogP contribution in [0.25, 0.3) is 0 Å². The van der Waals surface area contributed by atoms with E-state index in [1.807, 2.05) is 0 Å². The van der Waals surface area contributed by atoms with Gasteiger partial charge in [-0.25, -0.2) is 0 Å². The van der Waals surface area contributed by atoms with E-state index in [9.17, 15) is 0 Å². The average molecular weight is 273 g/mol. The first-order chi connectivity index (χ1) is 9.76. The average Bonchev–Trinajstić information content (AvgIpc) is 3.08. The van der Waals surface area contributed by atoms with E-state index in [0.717, 1.165) is 36.7 Å². The maximum Gasteiger partial charge on any atom is 0.119 e. The quantitative estimate of drug-likeness (QED) is 0.840. The van der Waals surface area contributed by atoms with E-state index in [2.05, 4.69) is 43.4 Å². The number of hydrogen-bond acceptors (Lipinski definition) is 2. The van der Waals surface area contributed by atoms with E-state index in [1.165, 1.54) is 31.2 Å². The van der Waals surface area contributed by atoms with Crippen molar-refractivity contribution in [3.05, 3.63) is 29.8 Å². The molecule has 0 aromatic heterocycles. The van der Waals surface area contributed by atoms with Gasteiger partial charge in [0.1, 0.15) is 5.75 Å². The summed E-state index contributed by atoms with van der Waals surface area (Å²) < 4.78 is 6.02. The summed E-state index contributed by atoms with van der Waals surface area (Å²) in [5, 5.41) is 3.44. The summed E-state index contributed by atoms with van der Waals surface area (Å²) in [4.78, 5) is 0. The molecule has 2 aliphatic rings. The van der Waals surface area contributed by atoms with Crippen LogP contribution in [-0.4, -0.2) is 13.2 Å². The number of ether oxygens (including phenoxy) is 1. The van der Waals surface area contributed by atoms with Crippen LogP contribution in [0.2, 0.25) is 0 Å². The van der Waals surface area contributed by atoms with E-state index in [0.29, 0.717) is 6.04 Å². The molecule has 2 saturated carbocycles. The van der Waals surface area contributed by atoms with E-state index < -0.39 is 0 Å². The molecule has 4 atom stereocenters. The molecule has 0 radical (unpaired) electrons. The van der Waals surface area contributed by atoms with Crippen LogP contribution in [0, 0.1) is 17.8 Å². The molecule has 0 amide bonds. The Bertz CT molecular complexity index is 428. The monoisotopic (exact) mass is 273 g/mol. The minimum atomic E-state index is 0.416. The molecule has 20 heavy (non-hydrogen) atoms. The highest BCUT2D eigenvalue weighted by atomic mass is 16.5. The zero-order valence-corrected chi connectivity index (χ0v) is 12.8. The summed E-state index contributed by atoms with van der Waals surface area (Å²) in [5.41, 5.74) is 1.33. The fourth-order valence-electron chi connectivity index (χ4n) is 4.06. The largest absolute Gasteiger partial charge is 0.493 e. The second-order valence-electron chi connectivity index (χ2n) is 6.59. The second-order valence-corrected chi connectivity index (χ2v) is 6.59. The van der Waals surface area contributed by atoms with Gasteiger partial charge in [0, 0.05) is 6.04 Å². The maximum atomic E-state index is 6.02. The molecule has 2 fully saturated rings. The summed E-state index contributed by atoms with van der Waals surface area (Å²) in [6.45, 7) is 6.27. The van der Waals surface area contributed by atoms with Gasteiger partial charge in [0.2, 0.25) is 0 Å². The molecule has 0 aliphatic heterocycles. The van der Waals surface area contributed by atoms with E-state index in [-0.39, 0.29) is 0 Å². The molecule has 1 aromatic carbocycles. The highest BCUT2D eigenvalue weighted by Gasteiger charge is 2.39. The molecule has 4 unspecified atom stereocenters. The molecule has 0 heterocycles. The van der Waals surface area contributed by atoms with Gasteiger partial charge in [-0.2, -0.15) is 0 Å². The molecule has 2 aliphatic carbocycles. The fourth-order valence-corrected chi connectivity index (χ4v) is 4.06. The Morgan fingerprint density at radius 3 is 2.60 bits per heavy atom. The van der Waals surface area contributed by atoms with Crippen molar-refractivity contribution in [3.8, 4) is 5.75 Å². The normalized spacial score (nSPS) is 29.6. The SMILES string of the molecule is CCNC(C)c1ccc(OCC2CC3CCC2C3)cc1. The Hall–Kier alpha value is -1.02.